The Bertz CT molecular complexity index is 1350. The zero-order valence-electron chi connectivity index (χ0n) is 22.1. The zero-order chi connectivity index (χ0) is 27.8. The van der Waals surface area contributed by atoms with Crippen molar-refractivity contribution < 1.29 is 18.6 Å². The van der Waals surface area contributed by atoms with Crippen LogP contribution in [0.4, 0.5) is 14.5 Å². The van der Waals surface area contributed by atoms with Crippen LogP contribution in [0.2, 0.25) is 6.82 Å². The van der Waals surface area contributed by atoms with E-state index in [1.807, 2.05) is 32.2 Å². The van der Waals surface area contributed by atoms with E-state index in [1.165, 1.54) is 5.56 Å². The maximum atomic E-state index is 14.0. The van der Waals surface area contributed by atoms with Gasteiger partial charge in [0.15, 0.2) is 13.1 Å². The molecule has 0 amide bonds. The highest BCUT2D eigenvalue weighted by Crippen LogP contribution is 2.33. The normalized spacial score (nSPS) is 15.2. The van der Waals surface area contributed by atoms with Gasteiger partial charge in [-0.1, -0.05) is 31.4 Å². The molecule has 199 valence electrons. The van der Waals surface area contributed by atoms with Crippen LogP contribution in [0.15, 0.2) is 59.1 Å². The van der Waals surface area contributed by atoms with Gasteiger partial charge < -0.3 is 15.2 Å². The Balaban J connectivity index is 0.00000195. The number of aryl methyl sites for hydroxylation is 2. The van der Waals surface area contributed by atoms with Gasteiger partial charge in [0.2, 0.25) is 0 Å². The monoisotopic (exact) mass is 539 g/mol. The molecular weight excluding hydrogens is 509 g/mol. The summed E-state index contributed by atoms with van der Waals surface area (Å²) in [4.78, 5) is 13.6. The number of nitrogens with one attached hydrogen (secondary N) is 1. The molecule has 0 fully saturated rings. The molecule has 1 unspecified atom stereocenters. The van der Waals surface area contributed by atoms with Gasteiger partial charge in [0.25, 0.3) is 0 Å². The summed E-state index contributed by atoms with van der Waals surface area (Å²) in [7, 11) is 2.67. The summed E-state index contributed by atoms with van der Waals surface area (Å²) in [5, 5.41) is 10.4. The van der Waals surface area contributed by atoms with Crippen LogP contribution in [-0.4, -0.2) is 34.4 Å². The fourth-order valence-electron chi connectivity index (χ4n) is 4.05. The Morgan fingerprint density at radius 1 is 1.21 bits per heavy atom. The molecule has 10 heteroatoms. The number of hydrogen-bond acceptors (Lipinski definition) is 6. The van der Waals surface area contributed by atoms with Crippen molar-refractivity contribution in [2.45, 2.75) is 53.0 Å². The van der Waals surface area contributed by atoms with Crippen LogP contribution < -0.4 is 5.32 Å². The van der Waals surface area contributed by atoms with Gasteiger partial charge in [-0.2, -0.15) is 0 Å². The third-order valence-corrected chi connectivity index (χ3v) is 6.51. The fourth-order valence-corrected chi connectivity index (χ4v) is 4.16. The number of aliphatic hydroxyl groups is 1. The first-order valence-corrected chi connectivity index (χ1v) is 12.6. The lowest BCUT2D eigenvalue weighted by atomic mass is 9.81. The van der Waals surface area contributed by atoms with E-state index in [4.69, 9.17) is 26.4 Å². The first kappa shape index (κ1) is 29.3. The maximum Gasteiger partial charge on any atom is 0.169 e. The quantitative estimate of drug-likeness (QED) is 0.194. The molecule has 2 N–H and O–H groups in total. The largest absolute Gasteiger partial charge is 0.487 e. The molecule has 0 saturated carbocycles. The van der Waals surface area contributed by atoms with Crippen LogP contribution in [0.5, 0.6) is 0 Å². The number of rotatable bonds is 8. The number of anilines is 1. The van der Waals surface area contributed by atoms with Crippen LogP contribution >= 0.6 is 11.6 Å². The Hall–Kier alpha value is -3.30. The lowest BCUT2D eigenvalue weighted by molar-refractivity contribution is 0.202. The van der Waals surface area contributed by atoms with E-state index in [2.05, 4.69) is 28.3 Å². The van der Waals surface area contributed by atoms with Crippen molar-refractivity contribution in [2.75, 3.05) is 12.4 Å². The van der Waals surface area contributed by atoms with E-state index < -0.39 is 11.6 Å². The van der Waals surface area contributed by atoms with Gasteiger partial charge in [0.05, 0.1) is 17.6 Å². The number of aromatic nitrogens is 3. The van der Waals surface area contributed by atoms with Crippen LogP contribution in [0.25, 0.3) is 11.4 Å². The van der Waals surface area contributed by atoms with Crippen LogP contribution in [0.1, 0.15) is 48.7 Å². The van der Waals surface area contributed by atoms with E-state index in [-0.39, 0.29) is 12.3 Å². The first-order valence-electron chi connectivity index (χ1n) is 12.2. The molecule has 3 aromatic rings. The van der Waals surface area contributed by atoms with E-state index in [0.29, 0.717) is 16.6 Å². The highest BCUT2D eigenvalue weighted by atomic mass is 35.5. The van der Waals surface area contributed by atoms with Crippen molar-refractivity contribution in [3.05, 3.63) is 93.3 Å². The molecule has 0 spiro atoms. The Kier molecular flexibility index (Phi) is 10.4. The van der Waals surface area contributed by atoms with Gasteiger partial charge in [-0.05, 0) is 61.9 Å². The highest BCUT2D eigenvalue weighted by molar-refractivity contribution is 6.63. The maximum absolute atomic E-state index is 14.0. The molecule has 38 heavy (non-hydrogen) atoms. The lowest BCUT2D eigenvalue weighted by Crippen LogP contribution is -2.05. The average molecular weight is 540 g/mol. The lowest BCUT2D eigenvalue weighted by Gasteiger charge is -2.14. The fraction of sp³-hybridized carbons (Fsp3) is 0.321. The second-order valence-electron chi connectivity index (χ2n) is 8.89. The van der Waals surface area contributed by atoms with Gasteiger partial charge in [-0.15, -0.1) is 0 Å². The number of fused-ring (bicyclic) bond motifs is 1. The molecule has 1 aliphatic carbocycles. The molecule has 0 saturated heterocycles. The number of halogens is 3. The van der Waals surface area contributed by atoms with E-state index >= 15 is 0 Å². The number of aliphatic hydroxyl groups excluding tert-OH is 1. The van der Waals surface area contributed by atoms with Crippen LogP contribution in [0.3, 0.4) is 0 Å². The van der Waals surface area contributed by atoms with Crippen molar-refractivity contribution in [3.8, 4) is 11.4 Å². The summed E-state index contributed by atoms with van der Waals surface area (Å²) in [5.74, 6) is -0.740. The summed E-state index contributed by atoms with van der Waals surface area (Å²) >= 11 is 6.34. The standard InChI is InChI=1S/C27H27BClF2N4O.CH4O/c1-15-5-6-18-7-8-21(35-26(15)18)23-11-22(16(2)12-32-23)34-17(3)9-25(27(29)28-4)36-14-24-20(31)10-19(30)13-33-24;1-2/h7-13,15H,5-6,14H2,1-4H3,(H,32,34);2H,1H3/b17-9-,27-25-;. The summed E-state index contributed by atoms with van der Waals surface area (Å²) in [6.45, 7) is 7.61. The molecule has 0 bridgehead atoms. The SMILES string of the molecule is CO.C[B]/C(Cl)=C(\C=C(\C)Nc1cc(-c2ccc3c(n2)C(C)CC3)ncc1C)OCc1ncc(F)cc1F. The van der Waals surface area contributed by atoms with Crippen molar-refractivity contribution in [1.82, 2.24) is 15.0 Å². The summed E-state index contributed by atoms with van der Waals surface area (Å²) in [5.41, 5.74) is 6.65. The Morgan fingerprint density at radius 2 is 1.97 bits per heavy atom. The van der Waals surface area contributed by atoms with E-state index in [1.54, 1.807) is 20.2 Å². The van der Waals surface area contributed by atoms with E-state index in [0.717, 1.165) is 66.2 Å². The summed E-state index contributed by atoms with van der Waals surface area (Å²) in [6, 6.07) is 6.91. The molecule has 1 atom stereocenters. The number of ether oxygens (including phenoxy) is 1. The van der Waals surface area contributed by atoms with Gasteiger partial charge >= 0.3 is 0 Å². The van der Waals surface area contributed by atoms with E-state index in [9.17, 15) is 8.78 Å². The third kappa shape index (κ3) is 7.17. The molecular formula is C28H31BClF2N4O2. The topological polar surface area (TPSA) is 80.2 Å². The number of pyridine rings is 3. The average Bonchev–Trinajstić information content (AvgIpc) is 3.29. The minimum Gasteiger partial charge on any atom is -0.487 e. The predicted octanol–water partition coefficient (Wildman–Crippen LogP) is 6.48. The van der Waals surface area contributed by atoms with Crippen molar-refractivity contribution in [2.24, 2.45) is 0 Å². The molecule has 0 aromatic carbocycles. The van der Waals surface area contributed by atoms with Gasteiger partial charge in [-0.3, -0.25) is 15.0 Å². The minimum atomic E-state index is -0.778. The first-order chi connectivity index (χ1) is 18.2. The smallest absolute Gasteiger partial charge is 0.169 e. The van der Waals surface area contributed by atoms with Crippen molar-refractivity contribution >= 4 is 24.6 Å². The number of allylic oxidation sites excluding steroid dienone is 2. The third-order valence-electron chi connectivity index (χ3n) is 6.11. The molecule has 0 aliphatic heterocycles. The molecule has 3 aromatic heterocycles. The second kappa shape index (κ2) is 13.5. The van der Waals surface area contributed by atoms with Gasteiger partial charge in [0.1, 0.15) is 23.9 Å². The highest BCUT2D eigenvalue weighted by Gasteiger charge is 2.21. The number of nitrogens with zero attached hydrogens (tertiary/aromatic N) is 3. The Morgan fingerprint density at radius 3 is 2.68 bits per heavy atom. The Labute approximate surface area is 228 Å². The summed E-state index contributed by atoms with van der Waals surface area (Å²) < 4.78 is 32.9. The molecule has 4 rings (SSSR count). The van der Waals surface area contributed by atoms with Gasteiger partial charge in [-0.25, -0.2) is 8.78 Å². The van der Waals surface area contributed by atoms with Gasteiger partial charge in [0, 0.05) is 41.4 Å². The molecule has 1 aliphatic rings. The predicted molar refractivity (Wildman–Crippen MR) is 148 cm³/mol. The molecule has 1 radical (unpaired) electrons. The minimum absolute atomic E-state index is 0.0146. The zero-order valence-corrected chi connectivity index (χ0v) is 22.9. The second-order valence-corrected chi connectivity index (χ2v) is 9.30. The molecule has 6 nitrogen and oxygen atoms in total. The van der Waals surface area contributed by atoms with Crippen LogP contribution in [-0.2, 0) is 17.8 Å². The van der Waals surface area contributed by atoms with Crippen molar-refractivity contribution in [1.29, 1.82) is 0 Å². The van der Waals surface area contributed by atoms with Crippen molar-refractivity contribution in [3.63, 3.8) is 0 Å². The summed E-state index contributed by atoms with van der Waals surface area (Å²) in [6.07, 6.45) is 6.68. The van der Waals surface area contributed by atoms with Crippen LogP contribution in [0, 0.1) is 18.6 Å². The number of hydrogen-bond donors (Lipinski definition) is 2. The molecule has 3 heterocycles.